The molecule has 0 aliphatic carbocycles. The molecular formula is C21H28N2O5S. The van der Waals surface area contributed by atoms with Gasteiger partial charge in [-0.2, -0.15) is 0 Å². The standard InChI is InChI=1S/C21H28N2O5S/c1-6-20(21(24)22-16-10-12-18(13-11-16)28-15(2)3)23(29(5,25)26)17-8-7-9-19(14-17)27-4/h7-15,20H,6H2,1-5H3,(H,22,24)/t20-/m1/s1. The Bertz CT molecular complexity index is 926. The van der Waals surface area contributed by atoms with Crippen LogP contribution in [0.3, 0.4) is 0 Å². The van der Waals surface area contributed by atoms with Crippen LogP contribution in [0.5, 0.6) is 11.5 Å². The van der Waals surface area contributed by atoms with E-state index < -0.39 is 22.0 Å². The number of methoxy groups -OCH3 is 1. The molecule has 1 amide bonds. The van der Waals surface area contributed by atoms with E-state index in [1.807, 2.05) is 13.8 Å². The maximum Gasteiger partial charge on any atom is 0.248 e. The van der Waals surface area contributed by atoms with E-state index in [1.165, 1.54) is 7.11 Å². The third-order valence-electron chi connectivity index (χ3n) is 4.13. The van der Waals surface area contributed by atoms with Gasteiger partial charge in [0.15, 0.2) is 0 Å². The van der Waals surface area contributed by atoms with Crippen molar-refractivity contribution >= 4 is 27.3 Å². The number of nitrogens with one attached hydrogen (secondary N) is 1. The van der Waals surface area contributed by atoms with Crippen LogP contribution >= 0.6 is 0 Å². The lowest BCUT2D eigenvalue weighted by Gasteiger charge is -2.30. The minimum absolute atomic E-state index is 0.0473. The lowest BCUT2D eigenvalue weighted by molar-refractivity contribution is -0.117. The zero-order valence-corrected chi connectivity index (χ0v) is 18.2. The summed E-state index contributed by atoms with van der Waals surface area (Å²) in [6.45, 7) is 5.63. The molecule has 0 radical (unpaired) electrons. The summed E-state index contributed by atoms with van der Waals surface area (Å²) < 4.78 is 37.0. The molecule has 0 aliphatic rings. The summed E-state index contributed by atoms with van der Waals surface area (Å²) in [5, 5.41) is 2.79. The average Bonchev–Trinajstić information content (AvgIpc) is 2.66. The number of hydrogen-bond donors (Lipinski definition) is 1. The summed E-state index contributed by atoms with van der Waals surface area (Å²) in [5.74, 6) is 0.782. The van der Waals surface area contributed by atoms with Gasteiger partial charge in [-0.3, -0.25) is 9.10 Å². The van der Waals surface area contributed by atoms with E-state index in [9.17, 15) is 13.2 Å². The number of nitrogens with zero attached hydrogens (tertiary/aromatic N) is 1. The van der Waals surface area contributed by atoms with Crippen molar-refractivity contribution in [1.82, 2.24) is 0 Å². The molecule has 8 heteroatoms. The van der Waals surface area contributed by atoms with E-state index in [0.29, 0.717) is 29.3 Å². The van der Waals surface area contributed by atoms with Crippen LogP contribution in [0.15, 0.2) is 48.5 Å². The monoisotopic (exact) mass is 420 g/mol. The van der Waals surface area contributed by atoms with Crippen molar-refractivity contribution in [3.8, 4) is 11.5 Å². The molecule has 7 nitrogen and oxygen atoms in total. The van der Waals surface area contributed by atoms with Crippen molar-refractivity contribution in [1.29, 1.82) is 0 Å². The predicted molar refractivity (Wildman–Crippen MR) is 115 cm³/mol. The fraction of sp³-hybridized carbons (Fsp3) is 0.381. The van der Waals surface area contributed by atoms with Gasteiger partial charge in [0.05, 0.1) is 25.2 Å². The van der Waals surface area contributed by atoms with Crippen LogP contribution in [0, 0.1) is 0 Å². The zero-order valence-electron chi connectivity index (χ0n) is 17.4. The van der Waals surface area contributed by atoms with Crippen LogP contribution in [0.4, 0.5) is 11.4 Å². The first-order valence-corrected chi connectivity index (χ1v) is 11.2. The molecule has 2 rings (SSSR count). The minimum atomic E-state index is -3.71. The molecule has 2 aromatic carbocycles. The molecular weight excluding hydrogens is 392 g/mol. The summed E-state index contributed by atoms with van der Waals surface area (Å²) in [4.78, 5) is 12.9. The molecule has 1 N–H and O–H groups in total. The molecule has 0 aliphatic heterocycles. The van der Waals surface area contributed by atoms with Crippen molar-refractivity contribution < 1.29 is 22.7 Å². The number of hydrogen-bond acceptors (Lipinski definition) is 5. The Kier molecular flexibility index (Phi) is 7.50. The molecule has 0 aromatic heterocycles. The zero-order chi connectivity index (χ0) is 21.6. The SMILES string of the molecule is CC[C@H](C(=O)Nc1ccc(OC(C)C)cc1)N(c1cccc(OC)c1)S(C)(=O)=O. The Morgan fingerprint density at radius 3 is 2.28 bits per heavy atom. The van der Waals surface area contributed by atoms with E-state index in [0.717, 1.165) is 10.6 Å². The minimum Gasteiger partial charge on any atom is -0.497 e. The molecule has 2 aromatic rings. The molecule has 158 valence electrons. The lowest BCUT2D eigenvalue weighted by Crippen LogP contribution is -2.47. The first-order chi connectivity index (χ1) is 13.7. The van der Waals surface area contributed by atoms with Crippen LogP contribution in [-0.2, 0) is 14.8 Å². The summed E-state index contributed by atoms with van der Waals surface area (Å²) in [5.41, 5.74) is 0.929. The van der Waals surface area contributed by atoms with Gasteiger partial charge in [0.2, 0.25) is 15.9 Å². The molecule has 0 bridgehead atoms. The Balaban J connectivity index is 2.28. The van der Waals surface area contributed by atoms with Crippen LogP contribution < -0.4 is 19.1 Å². The maximum atomic E-state index is 12.9. The van der Waals surface area contributed by atoms with E-state index in [4.69, 9.17) is 9.47 Å². The summed E-state index contributed by atoms with van der Waals surface area (Å²) >= 11 is 0. The van der Waals surface area contributed by atoms with Crippen molar-refractivity contribution in [3.05, 3.63) is 48.5 Å². The van der Waals surface area contributed by atoms with Crippen LogP contribution in [0.2, 0.25) is 0 Å². The number of ether oxygens (including phenoxy) is 2. The van der Waals surface area contributed by atoms with Gasteiger partial charge in [-0.25, -0.2) is 8.42 Å². The van der Waals surface area contributed by atoms with Gasteiger partial charge in [0.25, 0.3) is 0 Å². The summed E-state index contributed by atoms with van der Waals surface area (Å²) in [6, 6.07) is 12.7. The molecule has 0 fully saturated rings. The smallest absolute Gasteiger partial charge is 0.248 e. The largest absolute Gasteiger partial charge is 0.497 e. The number of carbonyl (C=O) groups excluding carboxylic acids is 1. The van der Waals surface area contributed by atoms with Gasteiger partial charge in [0.1, 0.15) is 17.5 Å². The maximum absolute atomic E-state index is 12.9. The third-order valence-corrected chi connectivity index (χ3v) is 5.31. The number of anilines is 2. The third kappa shape index (κ3) is 6.12. The quantitative estimate of drug-likeness (QED) is 0.669. The van der Waals surface area contributed by atoms with Gasteiger partial charge in [0, 0.05) is 11.8 Å². The van der Waals surface area contributed by atoms with Crippen molar-refractivity contribution in [3.63, 3.8) is 0 Å². The molecule has 0 saturated heterocycles. The van der Waals surface area contributed by atoms with E-state index >= 15 is 0 Å². The molecule has 0 heterocycles. The Morgan fingerprint density at radius 2 is 1.76 bits per heavy atom. The first-order valence-electron chi connectivity index (χ1n) is 9.36. The van der Waals surface area contributed by atoms with Gasteiger partial charge >= 0.3 is 0 Å². The van der Waals surface area contributed by atoms with E-state index in [1.54, 1.807) is 55.5 Å². The van der Waals surface area contributed by atoms with Crippen molar-refractivity contribution in [2.24, 2.45) is 0 Å². The predicted octanol–water partition coefficient (Wildman–Crippen LogP) is 3.67. The molecule has 0 saturated carbocycles. The average molecular weight is 421 g/mol. The normalized spacial score (nSPS) is 12.3. The van der Waals surface area contributed by atoms with E-state index in [-0.39, 0.29) is 6.10 Å². The summed E-state index contributed by atoms with van der Waals surface area (Å²) in [7, 11) is -2.21. The fourth-order valence-corrected chi connectivity index (χ4v) is 4.13. The second kappa shape index (κ2) is 9.65. The van der Waals surface area contributed by atoms with Gasteiger partial charge in [-0.1, -0.05) is 13.0 Å². The topological polar surface area (TPSA) is 84.9 Å². The number of rotatable bonds is 9. The Morgan fingerprint density at radius 1 is 1.10 bits per heavy atom. The molecule has 0 unspecified atom stereocenters. The number of benzene rings is 2. The molecule has 1 atom stereocenters. The number of sulfonamides is 1. The molecule has 0 spiro atoms. The van der Waals surface area contributed by atoms with Crippen molar-refractivity contribution in [2.45, 2.75) is 39.3 Å². The van der Waals surface area contributed by atoms with Crippen LogP contribution in [-0.4, -0.2) is 39.8 Å². The fourth-order valence-electron chi connectivity index (χ4n) is 2.92. The van der Waals surface area contributed by atoms with Crippen molar-refractivity contribution in [2.75, 3.05) is 23.0 Å². The highest BCUT2D eigenvalue weighted by atomic mass is 32.2. The lowest BCUT2D eigenvalue weighted by atomic mass is 10.1. The highest BCUT2D eigenvalue weighted by Crippen LogP contribution is 2.27. The molecule has 29 heavy (non-hydrogen) atoms. The first kappa shape index (κ1) is 22.5. The Hall–Kier alpha value is -2.74. The summed E-state index contributed by atoms with van der Waals surface area (Å²) in [6.07, 6.45) is 1.43. The van der Waals surface area contributed by atoms with Crippen LogP contribution in [0.1, 0.15) is 27.2 Å². The highest BCUT2D eigenvalue weighted by Gasteiger charge is 2.31. The van der Waals surface area contributed by atoms with E-state index in [2.05, 4.69) is 5.32 Å². The highest BCUT2D eigenvalue weighted by molar-refractivity contribution is 7.92. The van der Waals surface area contributed by atoms with Gasteiger partial charge < -0.3 is 14.8 Å². The Labute approximate surface area is 172 Å². The second-order valence-electron chi connectivity index (χ2n) is 6.86. The number of carbonyl (C=O) groups is 1. The number of amides is 1. The van der Waals surface area contributed by atoms with Crippen LogP contribution in [0.25, 0.3) is 0 Å². The van der Waals surface area contributed by atoms with Gasteiger partial charge in [-0.05, 0) is 56.7 Å². The van der Waals surface area contributed by atoms with Gasteiger partial charge in [-0.15, -0.1) is 0 Å². The second-order valence-corrected chi connectivity index (χ2v) is 8.72.